The van der Waals surface area contributed by atoms with E-state index < -0.39 is 0 Å². The van der Waals surface area contributed by atoms with Crippen molar-refractivity contribution in [2.24, 2.45) is 0 Å². The maximum absolute atomic E-state index is 12.6. The van der Waals surface area contributed by atoms with E-state index in [-0.39, 0.29) is 11.5 Å². The summed E-state index contributed by atoms with van der Waals surface area (Å²) >= 11 is 0. The van der Waals surface area contributed by atoms with E-state index >= 15 is 0 Å². The van der Waals surface area contributed by atoms with Crippen LogP contribution in [0.4, 0.5) is 5.95 Å². The van der Waals surface area contributed by atoms with Crippen molar-refractivity contribution in [3.05, 3.63) is 59.3 Å². The number of nitrogen functional groups attached to an aromatic ring is 1. The first-order chi connectivity index (χ1) is 13.0. The van der Waals surface area contributed by atoms with Gasteiger partial charge in [0.15, 0.2) is 0 Å². The minimum Gasteiger partial charge on any atom is -0.368 e. The number of rotatable bonds is 4. The van der Waals surface area contributed by atoms with E-state index in [1.165, 1.54) is 0 Å². The molecule has 4 rings (SSSR count). The highest BCUT2D eigenvalue weighted by Gasteiger charge is 2.10. The van der Waals surface area contributed by atoms with Crippen LogP contribution >= 0.6 is 0 Å². The van der Waals surface area contributed by atoms with E-state index in [9.17, 15) is 4.79 Å². The Labute approximate surface area is 156 Å². The third kappa shape index (κ3) is 3.24. The van der Waals surface area contributed by atoms with E-state index in [0.717, 1.165) is 39.5 Å². The Hall–Kier alpha value is -3.32. The van der Waals surface area contributed by atoms with E-state index in [1.54, 1.807) is 18.5 Å². The molecule has 0 radical (unpaired) electrons. The number of nitrogens with two attached hydrogens (primary N) is 1. The molecule has 0 spiro atoms. The molecule has 0 aliphatic rings. The van der Waals surface area contributed by atoms with E-state index in [4.69, 9.17) is 5.73 Å². The van der Waals surface area contributed by atoms with Crippen LogP contribution in [0.5, 0.6) is 0 Å². The molecule has 136 valence electrons. The Balaban J connectivity index is 1.97. The second kappa shape index (κ2) is 6.77. The fourth-order valence-electron chi connectivity index (χ4n) is 3.17. The molecule has 2 N–H and O–H groups in total. The van der Waals surface area contributed by atoms with Crippen molar-refractivity contribution >= 4 is 27.8 Å². The molecule has 27 heavy (non-hydrogen) atoms. The maximum atomic E-state index is 12.6. The topological polar surface area (TPSA) is 89.9 Å². The maximum Gasteiger partial charge on any atom is 0.251 e. The molecule has 0 atom stereocenters. The summed E-state index contributed by atoms with van der Waals surface area (Å²) in [6, 6.07) is 9.39. The van der Waals surface area contributed by atoms with Crippen LogP contribution in [-0.2, 0) is 6.54 Å². The molecule has 4 aromatic rings. The summed E-state index contributed by atoms with van der Waals surface area (Å²) in [6.45, 7) is 1.38. The summed E-state index contributed by atoms with van der Waals surface area (Å²) in [5, 5.41) is 1.87. The van der Waals surface area contributed by atoms with Crippen molar-refractivity contribution in [3.8, 4) is 11.1 Å². The molecule has 7 nitrogen and oxygen atoms in total. The van der Waals surface area contributed by atoms with Crippen molar-refractivity contribution in [2.45, 2.75) is 6.54 Å². The normalized spacial score (nSPS) is 11.5. The first-order valence-corrected chi connectivity index (χ1v) is 8.68. The number of pyridine rings is 2. The van der Waals surface area contributed by atoms with Crippen LogP contribution in [0.1, 0.15) is 0 Å². The van der Waals surface area contributed by atoms with Crippen molar-refractivity contribution < 1.29 is 0 Å². The molecular formula is C20H20N6O. The second-order valence-corrected chi connectivity index (χ2v) is 6.75. The average molecular weight is 360 g/mol. The fourth-order valence-corrected chi connectivity index (χ4v) is 3.17. The van der Waals surface area contributed by atoms with Crippen molar-refractivity contribution in [2.75, 3.05) is 26.4 Å². The molecule has 3 heterocycles. The Kier molecular flexibility index (Phi) is 4.29. The predicted molar refractivity (Wildman–Crippen MR) is 108 cm³/mol. The molecule has 1 aromatic carbocycles. The highest BCUT2D eigenvalue weighted by atomic mass is 16.1. The fraction of sp³-hybridized carbons (Fsp3) is 0.200. The standard InChI is InChI=1S/C20H20N6O/c1-25(2)7-8-26-18(27)6-4-14-10-22-17-5-3-13(9-16(17)19(14)26)15-11-23-20(21)24-12-15/h3-6,9-12H,7-8H2,1-2H3,(H2,21,23,24). The van der Waals surface area contributed by atoms with Gasteiger partial charge in [-0.1, -0.05) is 6.07 Å². The number of hydrogen-bond acceptors (Lipinski definition) is 6. The lowest BCUT2D eigenvalue weighted by molar-refractivity contribution is 0.384. The predicted octanol–water partition coefficient (Wildman–Crippen LogP) is 2.15. The van der Waals surface area contributed by atoms with Gasteiger partial charge < -0.3 is 15.2 Å². The number of benzene rings is 1. The first kappa shape index (κ1) is 17.1. The zero-order valence-corrected chi connectivity index (χ0v) is 15.3. The summed E-state index contributed by atoms with van der Waals surface area (Å²) in [5.41, 5.74) is 9.12. The van der Waals surface area contributed by atoms with E-state index in [2.05, 4.69) is 19.9 Å². The quantitative estimate of drug-likeness (QED) is 0.561. The number of likely N-dealkylation sites (N-methyl/N-ethyl adjacent to an activating group) is 1. The monoisotopic (exact) mass is 360 g/mol. The van der Waals surface area contributed by atoms with Crippen LogP contribution in [0, 0.1) is 0 Å². The number of nitrogens with zero attached hydrogens (tertiary/aromatic N) is 5. The Morgan fingerprint density at radius 2 is 1.78 bits per heavy atom. The van der Waals surface area contributed by atoms with Crippen LogP contribution in [0.3, 0.4) is 0 Å². The molecule has 3 aromatic heterocycles. The highest BCUT2D eigenvalue weighted by Crippen LogP contribution is 2.27. The average Bonchev–Trinajstić information content (AvgIpc) is 2.67. The van der Waals surface area contributed by atoms with Gasteiger partial charge in [-0.15, -0.1) is 0 Å². The summed E-state index contributed by atoms with van der Waals surface area (Å²) in [5.74, 6) is 0.240. The van der Waals surface area contributed by atoms with Gasteiger partial charge in [0.25, 0.3) is 5.56 Å². The third-order valence-electron chi connectivity index (χ3n) is 4.59. The van der Waals surface area contributed by atoms with Gasteiger partial charge in [0.1, 0.15) is 0 Å². The van der Waals surface area contributed by atoms with Gasteiger partial charge in [-0.05, 0) is 37.9 Å². The Morgan fingerprint density at radius 1 is 1.00 bits per heavy atom. The lowest BCUT2D eigenvalue weighted by atomic mass is 10.0. The molecule has 7 heteroatoms. The van der Waals surface area contributed by atoms with Crippen molar-refractivity contribution in [3.63, 3.8) is 0 Å². The number of anilines is 1. The molecule has 0 unspecified atom stereocenters. The summed E-state index contributed by atoms with van der Waals surface area (Å²) in [6.07, 6.45) is 5.21. The molecule has 0 saturated carbocycles. The minimum atomic E-state index is -0.0157. The van der Waals surface area contributed by atoms with Gasteiger partial charge in [0.2, 0.25) is 5.95 Å². The number of aromatic nitrogens is 4. The third-order valence-corrected chi connectivity index (χ3v) is 4.59. The first-order valence-electron chi connectivity index (χ1n) is 8.68. The van der Waals surface area contributed by atoms with Gasteiger partial charge in [0.05, 0.1) is 11.0 Å². The molecule has 0 amide bonds. The highest BCUT2D eigenvalue weighted by molar-refractivity contribution is 6.04. The lowest BCUT2D eigenvalue weighted by Gasteiger charge is -2.15. The Morgan fingerprint density at radius 3 is 2.52 bits per heavy atom. The lowest BCUT2D eigenvalue weighted by Crippen LogP contribution is -2.26. The molecule has 0 aliphatic heterocycles. The van der Waals surface area contributed by atoms with Crippen molar-refractivity contribution in [1.82, 2.24) is 24.4 Å². The second-order valence-electron chi connectivity index (χ2n) is 6.75. The van der Waals surface area contributed by atoms with Gasteiger partial charge in [0, 0.05) is 54.1 Å². The van der Waals surface area contributed by atoms with Crippen LogP contribution in [0.2, 0.25) is 0 Å². The summed E-state index contributed by atoms with van der Waals surface area (Å²) < 4.78 is 1.82. The van der Waals surface area contributed by atoms with Crippen LogP contribution in [0.15, 0.2) is 53.7 Å². The van der Waals surface area contributed by atoms with Gasteiger partial charge in [-0.2, -0.15) is 0 Å². The number of fused-ring (bicyclic) bond motifs is 3. The zero-order chi connectivity index (χ0) is 19.0. The largest absolute Gasteiger partial charge is 0.368 e. The van der Waals surface area contributed by atoms with E-state index in [1.807, 2.05) is 49.1 Å². The van der Waals surface area contributed by atoms with Crippen molar-refractivity contribution in [1.29, 1.82) is 0 Å². The smallest absolute Gasteiger partial charge is 0.251 e. The van der Waals surface area contributed by atoms with Crippen LogP contribution in [0.25, 0.3) is 32.9 Å². The van der Waals surface area contributed by atoms with Gasteiger partial charge in [-0.25, -0.2) is 9.97 Å². The SMILES string of the molecule is CN(C)CCn1c(=O)ccc2cnc3ccc(-c4cnc(N)nc4)cc3c21. The summed E-state index contributed by atoms with van der Waals surface area (Å²) in [4.78, 5) is 27.3. The van der Waals surface area contributed by atoms with E-state index in [0.29, 0.717) is 6.54 Å². The summed E-state index contributed by atoms with van der Waals surface area (Å²) in [7, 11) is 3.99. The van der Waals surface area contributed by atoms with Gasteiger partial charge >= 0.3 is 0 Å². The molecule has 0 saturated heterocycles. The molecule has 0 bridgehead atoms. The Bertz CT molecular complexity index is 1180. The van der Waals surface area contributed by atoms with Gasteiger partial charge in [-0.3, -0.25) is 9.78 Å². The molecule has 0 fully saturated rings. The van der Waals surface area contributed by atoms with Crippen LogP contribution < -0.4 is 11.3 Å². The molecule has 0 aliphatic carbocycles. The number of hydrogen-bond donors (Lipinski definition) is 1. The minimum absolute atomic E-state index is 0.0157. The molecular weight excluding hydrogens is 340 g/mol. The van der Waals surface area contributed by atoms with Crippen LogP contribution in [-0.4, -0.2) is 45.1 Å². The zero-order valence-electron chi connectivity index (χ0n) is 15.3.